The lowest BCUT2D eigenvalue weighted by Gasteiger charge is -2.24. The third kappa shape index (κ3) is 4.49. The molecule has 1 unspecified atom stereocenters. The quantitative estimate of drug-likeness (QED) is 0.776. The van der Waals surface area contributed by atoms with Crippen LogP contribution in [-0.2, 0) is 4.79 Å². The van der Waals surface area contributed by atoms with Gasteiger partial charge in [-0.05, 0) is 44.0 Å². The van der Waals surface area contributed by atoms with Crippen molar-refractivity contribution in [3.05, 3.63) is 54.1 Å². The molecule has 1 fully saturated rings. The number of urea groups is 1. The summed E-state index contributed by atoms with van der Waals surface area (Å²) in [6, 6.07) is 12.9. The van der Waals surface area contributed by atoms with Crippen LogP contribution in [0, 0.1) is 0 Å². The topological polar surface area (TPSA) is 87.7 Å². The second-order valence-corrected chi connectivity index (χ2v) is 6.64. The monoisotopic (exact) mass is 381 g/mol. The molecule has 0 bridgehead atoms. The third-order valence-corrected chi connectivity index (χ3v) is 4.67. The highest BCUT2D eigenvalue weighted by Crippen LogP contribution is 2.22. The summed E-state index contributed by atoms with van der Waals surface area (Å²) < 4.78 is 5.16. The van der Waals surface area contributed by atoms with Crippen LogP contribution in [0.4, 0.5) is 16.2 Å². The zero-order chi connectivity index (χ0) is 20.1. The molecule has 2 aromatic carbocycles. The Balaban J connectivity index is 1.67. The summed E-state index contributed by atoms with van der Waals surface area (Å²) in [4.78, 5) is 38.4. The number of likely N-dealkylation sites (tertiary alicyclic amines) is 1. The van der Waals surface area contributed by atoms with Crippen molar-refractivity contribution in [1.82, 2.24) is 4.90 Å². The Hall–Kier alpha value is -3.35. The predicted molar refractivity (Wildman–Crippen MR) is 107 cm³/mol. The number of hydrogen-bond acceptors (Lipinski definition) is 4. The average molecular weight is 381 g/mol. The molecule has 7 nitrogen and oxygen atoms in total. The van der Waals surface area contributed by atoms with Gasteiger partial charge in [0.1, 0.15) is 11.8 Å². The number of hydrogen-bond donors (Lipinski definition) is 2. The van der Waals surface area contributed by atoms with Gasteiger partial charge in [-0.2, -0.15) is 0 Å². The third-order valence-electron chi connectivity index (χ3n) is 4.67. The molecule has 7 heteroatoms. The molecule has 0 aliphatic carbocycles. The van der Waals surface area contributed by atoms with E-state index in [9.17, 15) is 14.4 Å². The highest BCUT2D eigenvalue weighted by atomic mass is 16.5. The van der Waals surface area contributed by atoms with Crippen LogP contribution in [-0.4, -0.2) is 42.3 Å². The number of anilines is 2. The lowest BCUT2D eigenvalue weighted by molar-refractivity contribution is -0.119. The van der Waals surface area contributed by atoms with Gasteiger partial charge in [-0.3, -0.25) is 9.59 Å². The van der Waals surface area contributed by atoms with Crippen molar-refractivity contribution >= 4 is 29.1 Å². The smallest absolute Gasteiger partial charge is 0.322 e. The first kappa shape index (κ1) is 19.4. The molecule has 28 heavy (non-hydrogen) atoms. The van der Waals surface area contributed by atoms with Gasteiger partial charge in [0, 0.05) is 29.5 Å². The molecule has 2 N–H and O–H groups in total. The first-order chi connectivity index (χ1) is 13.5. The number of amides is 3. The van der Waals surface area contributed by atoms with Gasteiger partial charge < -0.3 is 20.3 Å². The number of Topliss-reactive ketones (excluding diaryl/α,β-unsaturated/α-hetero) is 1. The van der Waals surface area contributed by atoms with Gasteiger partial charge in [-0.15, -0.1) is 0 Å². The number of ether oxygens (including phenoxy) is 1. The second kappa shape index (κ2) is 8.56. The Morgan fingerprint density at radius 3 is 2.46 bits per heavy atom. The van der Waals surface area contributed by atoms with Gasteiger partial charge in [0.15, 0.2) is 5.78 Å². The maximum atomic E-state index is 12.7. The van der Waals surface area contributed by atoms with Crippen LogP contribution in [0.3, 0.4) is 0 Å². The zero-order valence-electron chi connectivity index (χ0n) is 15.9. The number of rotatable bonds is 5. The summed E-state index contributed by atoms with van der Waals surface area (Å²) in [6.45, 7) is 1.97. The fourth-order valence-electron chi connectivity index (χ4n) is 3.22. The van der Waals surface area contributed by atoms with Gasteiger partial charge in [0.25, 0.3) is 0 Å². The molecular weight excluding hydrogens is 358 g/mol. The maximum Gasteiger partial charge on any atom is 0.322 e. The first-order valence-corrected chi connectivity index (χ1v) is 9.11. The number of benzene rings is 2. The molecule has 1 heterocycles. The fourth-order valence-corrected chi connectivity index (χ4v) is 3.22. The molecule has 146 valence electrons. The number of ketones is 1. The number of nitrogens with one attached hydrogen (secondary N) is 2. The average Bonchev–Trinajstić information content (AvgIpc) is 3.18. The van der Waals surface area contributed by atoms with Gasteiger partial charge in [-0.1, -0.05) is 18.2 Å². The molecule has 0 aromatic heterocycles. The van der Waals surface area contributed by atoms with Crippen LogP contribution >= 0.6 is 0 Å². The summed E-state index contributed by atoms with van der Waals surface area (Å²) in [5.74, 6) is 0.329. The van der Waals surface area contributed by atoms with Crippen LogP contribution < -0.4 is 15.4 Å². The first-order valence-electron chi connectivity index (χ1n) is 9.11. The molecule has 0 spiro atoms. The zero-order valence-corrected chi connectivity index (χ0v) is 15.9. The standard InChI is InChI=1S/C21H23N3O4/c1-14(25)15-6-3-7-16(12-15)23-21(27)24-11-5-10-19(24)20(26)22-17-8-4-9-18(13-17)28-2/h3-4,6-9,12-13,19H,5,10-11H2,1-2H3,(H,22,26)(H,23,27). The Labute approximate surface area is 163 Å². The van der Waals surface area contributed by atoms with Gasteiger partial charge in [0.05, 0.1) is 7.11 Å². The fraction of sp³-hybridized carbons (Fsp3) is 0.286. The van der Waals surface area contributed by atoms with Crippen LogP contribution in [0.5, 0.6) is 5.75 Å². The number of nitrogens with zero attached hydrogens (tertiary/aromatic N) is 1. The van der Waals surface area contributed by atoms with Crippen molar-refractivity contribution in [2.45, 2.75) is 25.8 Å². The molecule has 1 aliphatic rings. The van der Waals surface area contributed by atoms with Gasteiger partial charge in [-0.25, -0.2) is 4.79 Å². The predicted octanol–water partition coefficient (Wildman–Crippen LogP) is 3.53. The SMILES string of the molecule is COc1cccc(NC(=O)C2CCCN2C(=O)Nc2cccc(C(C)=O)c2)c1. The summed E-state index contributed by atoms with van der Waals surface area (Å²) in [5, 5.41) is 5.63. The van der Waals surface area contributed by atoms with Crippen molar-refractivity contribution in [3.8, 4) is 5.75 Å². The van der Waals surface area contributed by atoms with Crippen molar-refractivity contribution in [2.24, 2.45) is 0 Å². The molecule has 1 saturated heterocycles. The molecule has 0 saturated carbocycles. The van der Waals surface area contributed by atoms with Crippen molar-refractivity contribution in [2.75, 3.05) is 24.3 Å². The van der Waals surface area contributed by atoms with Crippen LogP contribution in [0.25, 0.3) is 0 Å². The highest BCUT2D eigenvalue weighted by molar-refractivity contribution is 6.00. The lowest BCUT2D eigenvalue weighted by Crippen LogP contribution is -2.45. The molecule has 3 amide bonds. The van der Waals surface area contributed by atoms with E-state index < -0.39 is 6.04 Å². The molecule has 1 atom stereocenters. The number of carbonyl (C=O) groups excluding carboxylic acids is 3. The largest absolute Gasteiger partial charge is 0.497 e. The van der Waals surface area contributed by atoms with E-state index in [1.54, 1.807) is 55.6 Å². The molecule has 0 radical (unpaired) electrons. The Kier molecular flexibility index (Phi) is 5.93. The highest BCUT2D eigenvalue weighted by Gasteiger charge is 2.34. The summed E-state index contributed by atoms with van der Waals surface area (Å²) in [5.41, 5.74) is 1.66. The Bertz CT molecular complexity index is 897. The van der Waals surface area contributed by atoms with Crippen molar-refractivity contribution in [1.29, 1.82) is 0 Å². The van der Waals surface area contributed by atoms with Crippen LogP contribution in [0.15, 0.2) is 48.5 Å². The minimum atomic E-state index is -0.554. The molecule has 2 aromatic rings. The normalized spacial score (nSPS) is 15.8. The van der Waals surface area contributed by atoms with E-state index in [1.807, 2.05) is 0 Å². The minimum absolute atomic E-state index is 0.0761. The molecule has 3 rings (SSSR count). The van der Waals surface area contributed by atoms with E-state index in [0.717, 1.165) is 6.42 Å². The Morgan fingerprint density at radius 1 is 1.04 bits per heavy atom. The van der Waals surface area contributed by atoms with E-state index in [0.29, 0.717) is 35.7 Å². The van der Waals surface area contributed by atoms with Crippen LogP contribution in [0.1, 0.15) is 30.1 Å². The molecule has 1 aliphatic heterocycles. The lowest BCUT2D eigenvalue weighted by atomic mass is 10.1. The summed E-state index contributed by atoms with van der Waals surface area (Å²) in [7, 11) is 1.56. The van der Waals surface area contributed by atoms with Gasteiger partial charge >= 0.3 is 6.03 Å². The van der Waals surface area contributed by atoms with E-state index in [2.05, 4.69) is 10.6 Å². The van der Waals surface area contributed by atoms with Crippen molar-refractivity contribution in [3.63, 3.8) is 0 Å². The van der Waals surface area contributed by atoms with E-state index in [1.165, 1.54) is 11.8 Å². The minimum Gasteiger partial charge on any atom is -0.497 e. The van der Waals surface area contributed by atoms with E-state index >= 15 is 0 Å². The number of carbonyl (C=O) groups is 3. The summed E-state index contributed by atoms with van der Waals surface area (Å²) in [6.07, 6.45) is 1.34. The van der Waals surface area contributed by atoms with Crippen LogP contribution in [0.2, 0.25) is 0 Å². The number of methoxy groups -OCH3 is 1. The Morgan fingerprint density at radius 2 is 1.75 bits per heavy atom. The van der Waals surface area contributed by atoms with E-state index in [4.69, 9.17) is 4.74 Å². The van der Waals surface area contributed by atoms with E-state index in [-0.39, 0.29) is 17.7 Å². The van der Waals surface area contributed by atoms with Gasteiger partial charge in [0.2, 0.25) is 5.91 Å². The maximum absolute atomic E-state index is 12.7. The molecular formula is C21H23N3O4. The van der Waals surface area contributed by atoms with Crippen molar-refractivity contribution < 1.29 is 19.1 Å². The summed E-state index contributed by atoms with van der Waals surface area (Å²) >= 11 is 0. The second-order valence-electron chi connectivity index (χ2n) is 6.64.